The predicted molar refractivity (Wildman–Crippen MR) is 345 cm³/mol. The van der Waals surface area contributed by atoms with Gasteiger partial charge >= 0.3 is 39.5 Å². The van der Waals surface area contributed by atoms with Crippen LogP contribution in [0.3, 0.4) is 0 Å². The molecule has 5 atom stereocenters. The zero-order valence-corrected chi connectivity index (χ0v) is 57.2. The molecule has 0 aliphatic rings. The van der Waals surface area contributed by atoms with E-state index in [9.17, 15) is 43.2 Å². The van der Waals surface area contributed by atoms with Crippen molar-refractivity contribution in [1.82, 2.24) is 0 Å². The number of phosphoric ester groups is 2. The molecule has 0 fully saturated rings. The molecular weight excluding hydrogens is 1140 g/mol. The first-order chi connectivity index (χ1) is 41.5. The van der Waals surface area contributed by atoms with E-state index in [-0.39, 0.29) is 25.7 Å². The third-order valence-corrected chi connectivity index (χ3v) is 17.4. The van der Waals surface area contributed by atoms with Crippen LogP contribution in [0.4, 0.5) is 0 Å². The van der Waals surface area contributed by atoms with Crippen molar-refractivity contribution >= 4 is 39.5 Å². The molecule has 0 aromatic heterocycles. The number of rotatable bonds is 67. The van der Waals surface area contributed by atoms with E-state index >= 15 is 0 Å². The van der Waals surface area contributed by atoms with Crippen LogP contribution in [0.25, 0.3) is 0 Å². The molecule has 0 saturated carbocycles. The van der Waals surface area contributed by atoms with Gasteiger partial charge in [-0.05, 0) is 31.6 Å². The molecule has 0 saturated heterocycles. The smallest absolute Gasteiger partial charge is 0.462 e. The molecule has 0 radical (unpaired) electrons. The van der Waals surface area contributed by atoms with Crippen molar-refractivity contribution < 1.29 is 80.2 Å². The number of aliphatic hydroxyl groups is 1. The number of aliphatic hydroxyl groups excluding tert-OH is 1. The minimum Gasteiger partial charge on any atom is -0.462 e. The first-order valence-corrected chi connectivity index (χ1v) is 38.1. The minimum absolute atomic E-state index is 0.104. The van der Waals surface area contributed by atoms with Gasteiger partial charge in [0.05, 0.1) is 26.4 Å². The van der Waals surface area contributed by atoms with Crippen molar-refractivity contribution in [2.45, 2.75) is 361 Å². The highest BCUT2D eigenvalue weighted by Crippen LogP contribution is 2.45. The number of carbonyl (C=O) groups is 4. The third-order valence-electron chi connectivity index (χ3n) is 15.5. The Labute approximate surface area is 524 Å². The number of phosphoric acid groups is 2. The molecule has 0 heterocycles. The summed E-state index contributed by atoms with van der Waals surface area (Å²) in [6.07, 6.45) is 46.3. The normalized spacial score (nSPS) is 14.2. The third kappa shape index (κ3) is 60.9. The Morgan fingerprint density at radius 1 is 0.314 bits per heavy atom. The fourth-order valence-electron chi connectivity index (χ4n) is 10.1. The Hall–Kier alpha value is -1.94. The van der Waals surface area contributed by atoms with E-state index in [2.05, 4.69) is 34.6 Å². The molecule has 0 amide bonds. The van der Waals surface area contributed by atoms with Crippen molar-refractivity contribution in [3.8, 4) is 0 Å². The zero-order chi connectivity index (χ0) is 63.5. The van der Waals surface area contributed by atoms with Crippen LogP contribution >= 0.6 is 15.6 Å². The van der Waals surface area contributed by atoms with E-state index in [4.69, 9.17) is 37.0 Å². The summed E-state index contributed by atoms with van der Waals surface area (Å²) in [4.78, 5) is 72.0. The number of ether oxygens (including phenoxy) is 4. The second-order valence-electron chi connectivity index (χ2n) is 24.7. The largest absolute Gasteiger partial charge is 0.472 e. The molecule has 2 unspecified atom stereocenters. The maximum atomic E-state index is 13.0. The monoisotopic (exact) mass is 1270 g/mol. The second kappa shape index (κ2) is 60.6. The molecule has 0 rings (SSSR count). The van der Waals surface area contributed by atoms with Gasteiger partial charge in [0.15, 0.2) is 12.2 Å². The first kappa shape index (κ1) is 84.1. The predicted octanol–water partition coefficient (Wildman–Crippen LogP) is 19.0. The Morgan fingerprint density at radius 2 is 0.535 bits per heavy atom. The SMILES string of the molecule is CCCCCCCCCCCCCCCCCCC(=O)OC[C@H](COP(=O)(O)OC[C@@H](O)COP(=O)(O)OC[C@@H](COC(=O)CCCCCCC)OC(=O)CCCCCCCCCC)OC(=O)CCCCCCCCCCCCCCCCC(C)C. The Morgan fingerprint density at radius 3 is 0.791 bits per heavy atom. The fraction of sp³-hybridized carbons (Fsp3) is 0.940. The molecule has 0 aliphatic heterocycles. The summed E-state index contributed by atoms with van der Waals surface area (Å²) in [6, 6.07) is 0. The van der Waals surface area contributed by atoms with Crippen LogP contribution in [0.2, 0.25) is 0 Å². The van der Waals surface area contributed by atoms with Crippen LogP contribution < -0.4 is 0 Å². The summed E-state index contributed by atoms with van der Waals surface area (Å²) in [5.41, 5.74) is 0. The topological polar surface area (TPSA) is 237 Å². The molecule has 0 aromatic carbocycles. The Kier molecular flexibility index (Phi) is 59.2. The number of carbonyl (C=O) groups excluding carboxylic acids is 4. The summed E-state index contributed by atoms with van der Waals surface area (Å²) < 4.78 is 67.9. The van der Waals surface area contributed by atoms with Crippen molar-refractivity contribution in [3.63, 3.8) is 0 Å². The Bertz CT molecular complexity index is 1670. The van der Waals surface area contributed by atoms with E-state index in [0.717, 1.165) is 109 Å². The van der Waals surface area contributed by atoms with Crippen LogP contribution in [0.15, 0.2) is 0 Å². The van der Waals surface area contributed by atoms with Crippen LogP contribution in [0.5, 0.6) is 0 Å². The molecule has 0 bridgehead atoms. The van der Waals surface area contributed by atoms with Crippen LogP contribution in [0, 0.1) is 5.92 Å². The highest BCUT2D eigenvalue weighted by molar-refractivity contribution is 7.47. The van der Waals surface area contributed by atoms with Crippen molar-refractivity contribution in [1.29, 1.82) is 0 Å². The molecule has 0 aliphatic carbocycles. The molecular formula is C67H130O17P2. The summed E-state index contributed by atoms with van der Waals surface area (Å²) >= 11 is 0. The lowest BCUT2D eigenvalue weighted by atomic mass is 10.0. The van der Waals surface area contributed by atoms with Gasteiger partial charge in [-0.3, -0.25) is 37.3 Å². The van der Waals surface area contributed by atoms with Gasteiger partial charge < -0.3 is 33.8 Å². The number of esters is 4. The maximum Gasteiger partial charge on any atom is 0.472 e. The molecule has 0 aromatic rings. The molecule has 19 heteroatoms. The molecule has 17 nitrogen and oxygen atoms in total. The van der Waals surface area contributed by atoms with Crippen molar-refractivity contribution in [2.75, 3.05) is 39.6 Å². The summed E-state index contributed by atoms with van der Waals surface area (Å²) in [7, 11) is -9.88. The molecule has 510 valence electrons. The average molecular weight is 1270 g/mol. The summed E-state index contributed by atoms with van der Waals surface area (Å²) in [6.45, 7) is 7.13. The highest BCUT2D eigenvalue weighted by Gasteiger charge is 2.30. The van der Waals surface area contributed by atoms with E-state index < -0.39 is 97.5 Å². The van der Waals surface area contributed by atoms with Gasteiger partial charge in [-0.2, -0.15) is 0 Å². The van der Waals surface area contributed by atoms with Gasteiger partial charge in [0, 0.05) is 25.7 Å². The van der Waals surface area contributed by atoms with Gasteiger partial charge in [0.2, 0.25) is 0 Å². The molecule has 0 spiro atoms. The van der Waals surface area contributed by atoms with Gasteiger partial charge in [-0.15, -0.1) is 0 Å². The second-order valence-corrected chi connectivity index (χ2v) is 27.6. The zero-order valence-electron chi connectivity index (χ0n) is 55.4. The van der Waals surface area contributed by atoms with Gasteiger partial charge in [-0.1, -0.05) is 291 Å². The van der Waals surface area contributed by atoms with E-state index in [1.165, 1.54) is 154 Å². The lowest BCUT2D eigenvalue weighted by molar-refractivity contribution is -0.161. The molecule has 86 heavy (non-hydrogen) atoms. The van der Waals surface area contributed by atoms with E-state index in [1.54, 1.807) is 0 Å². The van der Waals surface area contributed by atoms with Crippen molar-refractivity contribution in [2.24, 2.45) is 5.92 Å². The average Bonchev–Trinajstić information content (AvgIpc) is 3.68. The van der Waals surface area contributed by atoms with Gasteiger partial charge in [0.25, 0.3) is 0 Å². The summed E-state index contributed by atoms with van der Waals surface area (Å²) in [5, 5.41) is 10.5. The highest BCUT2D eigenvalue weighted by atomic mass is 31.2. The van der Waals surface area contributed by atoms with Crippen molar-refractivity contribution in [3.05, 3.63) is 0 Å². The van der Waals surface area contributed by atoms with E-state index in [0.29, 0.717) is 25.7 Å². The summed E-state index contributed by atoms with van der Waals surface area (Å²) in [5.74, 6) is -1.35. The number of hydrogen-bond acceptors (Lipinski definition) is 15. The lowest BCUT2D eigenvalue weighted by Gasteiger charge is -2.21. The molecule has 3 N–H and O–H groups in total. The maximum absolute atomic E-state index is 13.0. The first-order valence-electron chi connectivity index (χ1n) is 35.1. The van der Waals surface area contributed by atoms with Crippen LogP contribution in [-0.2, 0) is 65.4 Å². The quantitative estimate of drug-likeness (QED) is 0.0222. The number of hydrogen-bond donors (Lipinski definition) is 3. The van der Waals surface area contributed by atoms with Crippen LogP contribution in [0.1, 0.15) is 343 Å². The van der Waals surface area contributed by atoms with E-state index in [1.807, 2.05) is 0 Å². The van der Waals surface area contributed by atoms with Gasteiger partial charge in [-0.25, -0.2) is 9.13 Å². The van der Waals surface area contributed by atoms with Gasteiger partial charge in [0.1, 0.15) is 19.3 Å². The number of unbranched alkanes of at least 4 members (excludes halogenated alkanes) is 39. The van der Waals surface area contributed by atoms with Crippen LogP contribution in [-0.4, -0.2) is 96.7 Å². The minimum atomic E-state index is -4.95. The standard InChI is InChI=1S/C67H130O17P2/c1-6-9-12-15-17-19-20-21-22-23-27-30-33-37-41-46-51-65(70)78-57-63(84-67(72)53-48-43-38-34-31-28-25-24-26-29-32-35-40-44-49-60(4)5)59-82-86(75,76)80-55-61(68)54-79-85(73,74)81-58-62(56-77-64(69)50-45-39-14-11-8-3)83-66(71)52-47-42-36-18-16-13-10-7-2/h60-63,68H,6-59H2,1-5H3,(H,73,74)(H,75,76)/t61-,62+,63+/m0/s1. The fourth-order valence-corrected chi connectivity index (χ4v) is 11.7. The lowest BCUT2D eigenvalue weighted by Crippen LogP contribution is -2.30. The Balaban J connectivity index is 5.13.